The van der Waals surface area contributed by atoms with E-state index in [-0.39, 0.29) is 17.7 Å². The molecule has 0 saturated heterocycles. The van der Waals surface area contributed by atoms with Crippen molar-refractivity contribution in [3.63, 3.8) is 0 Å². The van der Waals surface area contributed by atoms with Gasteiger partial charge in [-0.15, -0.1) is 11.3 Å². The number of anilines is 1. The molecule has 0 spiro atoms. The maximum atomic E-state index is 12.9. The van der Waals surface area contributed by atoms with Crippen molar-refractivity contribution in [2.45, 2.75) is 25.8 Å². The maximum absolute atomic E-state index is 12.9. The number of hydrogen-bond acceptors (Lipinski definition) is 5. The first kappa shape index (κ1) is 21.5. The van der Waals surface area contributed by atoms with E-state index in [2.05, 4.69) is 15.6 Å². The van der Waals surface area contributed by atoms with Crippen molar-refractivity contribution < 1.29 is 14.0 Å². The number of hydrogen-bond donors (Lipinski definition) is 2. The van der Waals surface area contributed by atoms with Gasteiger partial charge in [-0.3, -0.25) is 9.59 Å². The summed E-state index contributed by atoms with van der Waals surface area (Å²) in [5.41, 5.74) is 2.83. The lowest BCUT2D eigenvalue weighted by atomic mass is 9.88. The Kier molecular flexibility index (Phi) is 6.77. The Morgan fingerprint density at radius 1 is 0.969 bits per heavy atom. The van der Waals surface area contributed by atoms with Crippen molar-refractivity contribution >= 4 is 28.3 Å². The first-order valence-corrected chi connectivity index (χ1v) is 11.2. The summed E-state index contributed by atoms with van der Waals surface area (Å²) in [4.78, 5) is 28.4. The Morgan fingerprint density at radius 3 is 2.25 bits per heavy atom. The lowest BCUT2D eigenvalue weighted by molar-refractivity contribution is -0.119. The van der Waals surface area contributed by atoms with Crippen LogP contribution < -0.4 is 10.6 Å². The number of furan rings is 1. The van der Waals surface area contributed by atoms with Crippen LogP contribution in [0.25, 0.3) is 11.5 Å². The minimum absolute atomic E-state index is 0.0433. The fraction of sp³-hybridized carbons (Fsp3) is 0.160. The number of aromatic nitrogens is 1. The standard InChI is InChI=1S/C25H23N3O3S/c1-17(29)26-15-20-12-13-23(31-20)22-16-32-25(27-22)28-24(30)14-21(18-8-4-2-5-9-18)19-10-6-3-7-11-19/h2-13,16,21H,14-15H2,1H3,(H,26,29)(H,27,28,30). The van der Waals surface area contributed by atoms with Gasteiger partial charge in [0.1, 0.15) is 11.5 Å². The normalized spacial score (nSPS) is 10.8. The first-order chi connectivity index (χ1) is 15.6. The third kappa shape index (κ3) is 5.50. The third-order valence-electron chi connectivity index (χ3n) is 4.97. The second kappa shape index (κ2) is 10.1. The Hall–Kier alpha value is -3.71. The Labute approximate surface area is 190 Å². The van der Waals surface area contributed by atoms with Crippen molar-refractivity contribution in [2.24, 2.45) is 0 Å². The van der Waals surface area contributed by atoms with Crippen LogP contribution >= 0.6 is 11.3 Å². The zero-order valence-electron chi connectivity index (χ0n) is 17.6. The van der Waals surface area contributed by atoms with Crippen LogP contribution in [-0.2, 0) is 16.1 Å². The van der Waals surface area contributed by atoms with Gasteiger partial charge in [-0.1, -0.05) is 60.7 Å². The van der Waals surface area contributed by atoms with Gasteiger partial charge in [0.25, 0.3) is 0 Å². The molecule has 0 bridgehead atoms. The summed E-state index contributed by atoms with van der Waals surface area (Å²) < 4.78 is 5.74. The lowest BCUT2D eigenvalue weighted by Crippen LogP contribution is -2.18. The number of nitrogens with one attached hydrogen (secondary N) is 2. The second-order valence-corrected chi connectivity index (χ2v) is 8.20. The largest absolute Gasteiger partial charge is 0.458 e. The molecule has 0 radical (unpaired) electrons. The number of thiazole rings is 1. The number of benzene rings is 2. The molecule has 2 aromatic carbocycles. The van der Waals surface area contributed by atoms with Crippen molar-refractivity contribution in [2.75, 3.05) is 5.32 Å². The fourth-order valence-corrected chi connectivity index (χ4v) is 4.14. The van der Waals surface area contributed by atoms with E-state index in [1.54, 1.807) is 12.1 Å². The Morgan fingerprint density at radius 2 is 1.62 bits per heavy atom. The van der Waals surface area contributed by atoms with E-state index in [9.17, 15) is 9.59 Å². The molecule has 2 amide bonds. The van der Waals surface area contributed by atoms with Crippen LogP contribution in [0.1, 0.15) is 36.1 Å². The van der Waals surface area contributed by atoms with Crippen molar-refractivity contribution in [3.8, 4) is 11.5 Å². The minimum atomic E-state index is -0.120. The number of rotatable bonds is 8. The van der Waals surface area contributed by atoms with E-state index in [0.717, 1.165) is 11.1 Å². The summed E-state index contributed by atoms with van der Waals surface area (Å²) in [7, 11) is 0. The zero-order valence-corrected chi connectivity index (χ0v) is 18.4. The van der Waals surface area contributed by atoms with E-state index in [1.165, 1.54) is 18.3 Å². The van der Waals surface area contributed by atoms with Crippen LogP contribution in [0.3, 0.4) is 0 Å². The molecule has 2 N–H and O–H groups in total. The van der Waals surface area contributed by atoms with Gasteiger partial charge in [-0.05, 0) is 23.3 Å². The van der Waals surface area contributed by atoms with E-state index < -0.39 is 0 Å². The highest BCUT2D eigenvalue weighted by molar-refractivity contribution is 7.14. The molecule has 2 heterocycles. The molecule has 4 rings (SSSR count). The van der Waals surface area contributed by atoms with Gasteiger partial charge in [0.15, 0.2) is 10.9 Å². The van der Waals surface area contributed by atoms with Gasteiger partial charge >= 0.3 is 0 Å². The third-order valence-corrected chi connectivity index (χ3v) is 5.73. The number of carbonyl (C=O) groups is 2. The van der Waals surface area contributed by atoms with Gasteiger partial charge in [0.05, 0.1) is 6.54 Å². The predicted octanol–water partition coefficient (Wildman–Crippen LogP) is 5.20. The molecule has 0 aliphatic carbocycles. The van der Waals surface area contributed by atoms with Crippen molar-refractivity contribution in [1.82, 2.24) is 10.3 Å². The molecule has 4 aromatic rings. The molecule has 7 heteroatoms. The maximum Gasteiger partial charge on any atom is 0.227 e. The van der Waals surface area contributed by atoms with E-state index in [4.69, 9.17) is 4.42 Å². The molecule has 0 unspecified atom stereocenters. The smallest absolute Gasteiger partial charge is 0.227 e. The Balaban J connectivity index is 1.44. The molecule has 0 aliphatic heterocycles. The monoisotopic (exact) mass is 445 g/mol. The summed E-state index contributed by atoms with van der Waals surface area (Å²) >= 11 is 1.35. The van der Waals surface area contributed by atoms with Crippen LogP contribution in [0.15, 0.2) is 82.6 Å². The second-order valence-electron chi connectivity index (χ2n) is 7.34. The summed E-state index contributed by atoms with van der Waals surface area (Å²) in [6, 6.07) is 23.7. The Bertz CT molecular complexity index is 1150. The number of carbonyl (C=O) groups excluding carboxylic acids is 2. The van der Waals surface area contributed by atoms with Crippen LogP contribution in [0, 0.1) is 0 Å². The molecule has 32 heavy (non-hydrogen) atoms. The highest BCUT2D eigenvalue weighted by Crippen LogP contribution is 2.30. The molecule has 6 nitrogen and oxygen atoms in total. The minimum Gasteiger partial charge on any atom is -0.458 e. The highest BCUT2D eigenvalue weighted by Gasteiger charge is 2.19. The molecule has 0 aliphatic rings. The molecular weight excluding hydrogens is 422 g/mol. The molecule has 162 valence electrons. The zero-order chi connectivity index (χ0) is 22.3. The molecule has 0 saturated carbocycles. The van der Waals surface area contributed by atoms with E-state index in [1.807, 2.05) is 66.0 Å². The summed E-state index contributed by atoms with van der Waals surface area (Å²) in [5, 5.41) is 7.97. The van der Waals surface area contributed by atoms with Gasteiger partial charge in [0, 0.05) is 24.6 Å². The van der Waals surface area contributed by atoms with Gasteiger partial charge in [0.2, 0.25) is 11.8 Å². The fourth-order valence-electron chi connectivity index (χ4n) is 3.42. The first-order valence-electron chi connectivity index (χ1n) is 10.3. The molecule has 2 aromatic heterocycles. The van der Waals surface area contributed by atoms with Gasteiger partial charge < -0.3 is 15.1 Å². The SMILES string of the molecule is CC(=O)NCc1ccc(-c2csc(NC(=O)CC(c3ccccc3)c3ccccc3)n2)o1. The summed E-state index contributed by atoms with van der Waals surface area (Å²) in [5.74, 6) is 0.967. The van der Waals surface area contributed by atoms with Crippen LogP contribution in [0.2, 0.25) is 0 Å². The predicted molar refractivity (Wildman–Crippen MR) is 125 cm³/mol. The van der Waals surface area contributed by atoms with Crippen LogP contribution in [-0.4, -0.2) is 16.8 Å². The highest BCUT2D eigenvalue weighted by atomic mass is 32.1. The summed E-state index contributed by atoms with van der Waals surface area (Å²) in [6.45, 7) is 1.78. The van der Waals surface area contributed by atoms with E-state index >= 15 is 0 Å². The molecule has 0 atom stereocenters. The average Bonchev–Trinajstić information content (AvgIpc) is 3.47. The van der Waals surface area contributed by atoms with Crippen LogP contribution in [0.4, 0.5) is 5.13 Å². The molecule has 0 fully saturated rings. The lowest BCUT2D eigenvalue weighted by Gasteiger charge is -2.17. The topological polar surface area (TPSA) is 84.2 Å². The molecular formula is C25H23N3O3S. The number of amides is 2. The quantitative estimate of drug-likeness (QED) is 0.390. The average molecular weight is 446 g/mol. The van der Waals surface area contributed by atoms with Crippen molar-refractivity contribution in [1.29, 1.82) is 0 Å². The van der Waals surface area contributed by atoms with E-state index in [0.29, 0.717) is 35.3 Å². The van der Waals surface area contributed by atoms with Gasteiger partial charge in [-0.25, -0.2) is 4.98 Å². The number of nitrogens with zero attached hydrogens (tertiary/aromatic N) is 1. The van der Waals surface area contributed by atoms with Crippen molar-refractivity contribution in [3.05, 3.63) is 95.1 Å². The van der Waals surface area contributed by atoms with Gasteiger partial charge in [-0.2, -0.15) is 0 Å². The van der Waals surface area contributed by atoms with Crippen LogP contribution in [0.5, 0.6) is 0 Å². The summed E-state index contributed by atoms with van der Waals surface area (Å²) in [6.07, 6.45) is 0.310.